The Balaban J connectivity index is 2.00. The molecule has 1 amide bonds. The van der Waals surface area contributed by atoms with Crippen molar-refractivity contribution in [3.05, 3.63) is 86.9 Å². The highest BCUT2D eigenvalue weighted by molar-refractivity contribution is 7.92. The summed E-state index contributed by atoms with van der Waals surface area (Å²) < 4.78 is 32.7. The number of rotatable bonds is 8. The van der Waals surface area contributed by atoms with Gasteiger partial charge >= 0.3 is 0 Å². The zero-order chi connectivity index (χ0) is 24.2. The third-order valence-electron chi connectivity index (χ3n) is 4.42. The first kappa shape index (κ1) is 24.3. The van der Waals surface area contributed by atoms with Gasteiger partial charge in [-0.2, -0.15) is 0 Å². The molecule has 0 aliphatic rings. The van der Waals surface area contributed by atoms with Crippen LogP contribution < -0.4 is 14.4 Å². The molecule has 0 heterocycles. The minimum Gasteiger partial charge on any atom is -0.495 e. The van der Waals surface area contributed by atoms with E-state index in [1.807, 2.05) is 0 Å². The van der Waals surface area contributed by atoms with Gasteiger partial charge in [0, 0.05) is 22.2 Å². The van der Waals surface area contributed by atoms with Crippen LogP contribution >= 0.6 is 23.2 Å². The number of amides is 1. The second kappa shape index (κ2) is 10.1. The Morgan fingerprint density at radius 1 is 1.06 bits per heavy atom. The van der Waals surface area contributed by atoms with Crippen LogP contribution in [0.5, 0.6) is 5.75 Å². The highest BCUT2D eigenvalue weighted by atomic mass is 35.5. The molecule has 0 aromatic heterocycles. The highest BCUT2D eigenvalue weighted by Gasteiger charge is 2.28. The SMILES string of the molecule is COc1ccc([N+](=O)[O-])cc1NC(=O)CN(c1cc(Cl)cc(Cl)c1)S(=O)(=O)c1ccccc1. The van der Waals surface area contributed by atoms with Gasteiger partial charge in [0.25, 0.3) is 15.7 Å². The van der Waals surface area contributed by atoms with Crippen LogP contribution in [-0.2, 0) is 14.8 Å². The van der Waals surface area contributed by atoms with E-state index in [-0.39, 0.29) is 37.8 Å². The third kappa shape index (κ3) is 5.72. The number of nitrogens with one attached hydrogen (secondary N) is 1. The predicted octanol–water partition coefficient (Wildman–Crippen LogP) is 4.74. The van der Waals surface area contributed by atoms with Gasteiger partial charge in [0.1, 0.15) is 12.3 Å². The van der Waals surface area contributed by atoms with E-state index in [2.05, 4.69) is 5.32 Å². The Morgan fingerprint density at radius 2 is 1.70 bits per heavy atom. The maximum atomic E-state index is 13.4. The summed E-state index contributed by atoms with van der Waals surface area (Å²) in [7, 11) is -2.87. The molecule has 0 saturated carbocycles. The average molecular weight is 510 g/mol. The van der Waals surface area contributed by atoms with E-state index in [4.69, 9.17) is 27.9 Å². The van der Waals surface area contributed by atoms with Crippen LogP contribution in [0, 0.1) is 10.1 Å². The normalized spacial score (nSPS) is 11.0. The number of hydrogen-bond donors (Lipinski definition) is 1. The Bertz CT molecular complexity index is 1280. The molecule has 0 bridgehead atoms. The third-order valence-corrected chi connectivity index (χ3v) is 6.65. The van der Waals surface area contributed by atoms with Crippen molar-refractivity contribution in [2.75, 3.05) is 23.3 Å². The van der Waals surface area contributed by atoms with Crippen molar-refractivity contribution in [1.29, 1.82) is 0 Å². The van der Waals surface area contributed by atoms with Crippen LogP contribution in [0.2, 0.25) is 10.0 Å². The zero-order valence-corrected chi connectivity index (χ0v) is 19.4. The molecule has 0 aliphatic carbocycles. The van der Waals surface area contributed by atoms with Gasteiger partial charge in [0.15, 0.2) is 0 Å². The predicted molar refractivity (Wildman–Crippen MR) is 126 cm³/mol. The van der Waals surface area contributed by atoms with E-state index in [0.717, 1.165) is 10.4 Å². The number of anilines is 2. The van der Waals surface area contributed by atoms with Crippen LogP contribution in [0.3, 0.4) is 0 Å². The molecule has 0 spiro atoms. The van der Waals surface area contributed by atoms with Gasteiger partial charge in [-0.15, -0.1) is 0 Å². The van der Waals surface area contributed by atoms with Gasteiger partial charge in [0.05, 0.1) is 28.3 Å². The van der Waals surface area contributed by atoms with E-state index in [1.165, 1.54) is 49.6 Å². The number of nitro benzene ring substituents is 1. The first-order valence-corrected chi connectivity index (χ1v) is 11.5. The van der Waals surface area contributed by atoms with Crippen LogP contribution in [0.1, 0.15) is 0 Å². The largest absolute Gasteiger partial charge is 0.495 e. The molecule has 1 N–H and O–H groups in total. The maximum Gasteiger partial charge on any atom is 0.271 e. The van der Waals surface area contributed by atoms with Crippen molar-refractivity contribution >= 4 is 56.2 Å². The number of sulfonamides is 1. The molecular weight excluding hydrogens is 493 g/mol. The van der Waals surface area contributed by atoms with Crippen molar-refractivity contribution in [2.45, 2.75) is 4.90 Å². The molecule has 0 radical (unpaired) electrons. The summed E-state index contributed by atoms with van der Waals surface area (Å²) in [6, 6.07) is 15.3. The lowest BCUT2D eigenvalue weighted by atomic mass is 10.2. The molecule has 0 fully saturated rings. The molecule has 3 aromatic carbocycles. The molecule has 0 atom stereocenters. The van der Waals surface area contributed by atoms with E-state index < -0.39 is 27.4 Å². The Morgan fingerprint density at radius 3 is 2.27 bits per heavy atom. The monoisotopic (exact) mass is 509 g/mol. The standard InChI is InChI=1S/C21H17Cl2N3O6S/c1-32-20-8-7-16(26(28)29)12-19(20)24-21(27)13-25(17-10-14(22)9-15(23)11-17)33(30,31)18-5-3-2-4-6-18/h2-12H,13H2,1H3,(H,24,27). The number of carbonyl (C=O) groups excluding carboxylic acids is 1. The fraction of sp³-hybridized carbons (Fsp3) is 0.0952. The van der Waals surface area contributed by atoms with Gasteiger partial charge in [0.2, 0.25) is 5.91 Å². The van der Waals surface area contributed by atoms with Crippen LogP contribution in [0.4, 0.5) is 17.1 Å². The smallest absolute Gasteiger partial charge is 0.271 e. The second-order valence-corrected chi connectivity index (χ2v) is 9.38. The van der Waals surface area contributed by atoms with Gasteiger partial charge < -0.3 is 10.1 Å². The molecule has 0 unspecified atom stereocenters. The molecule has 33 heavy (non-hydrogen) atoms. The number of nitrogens with zero attached hydrogens (tertiary/aromatic N) is 2. The van der Waals surface area contributed by atoms with Gasteiger partial charge in [-0.1, -0.05) is 41.4 Å². The number of hydrogen-bond acceptors (Lipinski definition) is 6. The van der Waals surface area contributed by atoms with Crippen molar-refractivity contribution in [1.82, 2.24) is 0 Å². The van der Waals surface area contributed by atoms with Gasteiger partial charge in [-0.25, -0.2) is 8.42 Å². The minimum absolute atomic E-state index is 0.0119. The van der Waals surface area contributed by atoms with E-state index in [9.17, 15) is 23.3 Å². The van der Waals surface area contributed by atoms with Crippen LogP contribution in [-0.4, -0.2) is 32.9 Å². The lowest BCUT2D eigenvalue weighted by Crippen LogP contribution is -2.38. The summed E-state index contributed by atoms with van der Waals surface area (Å²) in [5.74, 6) is -0.610. The number of nitro groups is 1. The number of carbonyl (C=O) groups is 1. The number of ether oxygens (including phenoxy) is 1. The molecule has 0 aliphatic heterocycles. The Hall–Kier alpha value is -3.34. The summed E-state index contributed by atoms with van der Waals surface area (Å²) >= 11 is 12.1. The average Bonchev–Trinajstić information content (AvgIpc) is 2.77. The first-order valence-electron chi connectivity index (χ1n) is 9.28. The van der Waals surface area contributed by atoms with Crippen LogP contribution in [0.25, 0.3) is 0 Å². The molecule has 0 saturated heterocycles. The number of methoxy groups -OCH3 is 1. The van der Waals surface area contributed by atoms with Crippen molar-refractivity contribution in [2.24, 2.45) is 0 Å². The highest BCUT2D eigenvalue weighted by Crippen LogP contribution is 2.31. The summed E-state index contributed by atoms with van der Waals surface area (Å²) in [6.07, 6.45) is 0. The Kier molecular flexibility index (Phi) is 7.42. The summed E-state index contributed by atoms with van der Waals surface area (Å²) in [5, 5.41) is 13.9. The quantitative estimate of drug-likeness (QED) is 0.345. The van der Waals surface area contributed by atoms with E-state index >= 15 is 0 Å². The minimum atomic E-state index is -4.20. The zero-order valence-electron chi connectivity index (χ0n) is 17.1. The van der Waals surface area contributed by atoms with E-state index in [1.54, 1.807) is 18.2 Å². The molecule has 9 nitrogen and oxygen atoms in total. The Labute approximate surface area is 199 Å². The number of halogens is 2. The molecule has 12 heteroatoms. The maximum absolute atomic E-state index is 13.4. The summed E-state index contributed by atoms with van der Waals surface area (Å²) in [5.41, 5.74) is -0.197. The molecule has 3 rings (SSSR count). The first-order chi connectivity index (χ1) is 15.6. The van der Waals surface area contributed by atoms with E-state index in [0.29, 0.717) is 0 Å². The van der Waals surface area contributed by atoms with Crippen molar-refractivity contribution in [3.8, 4) is 5.75 Å². The van der Waals surface area contributed by atoms with Crippen LogP contribution in [0.15, 0.2) is 71.6 Å². The fourth-order valence-corrected chi connectivity index (χ4v) is 4.89. The van der Waals surface area contributed by atoms with Gasteiger partial charge in [-0.3, -0.25) is 19.2 Å². The second-order valence-electron chi connectivity index (χ2n) is 6.64. The topological polar surface area (TPSA) is 119 Å². The summed E-state index contributed by atoms with van der Waals surface area (Å²) in [4.78, 5) is 23.3. The molecule has 172 valence electrons. The molecule has 3 aromatic rings. The van der Waals surface area contributed by atoms with Gasteiger partial charge in [-0.05, 0) is 36.4 Å². The lowest BCUT2D eigenvalue weighted by Gasteiger charge is -2.24. The number of benzene rings is 3. The fourth-order valence-electron chi connectivity index (χ4n) is 2.95. The molecular formula is C21H17Cl2N3O6S. The van der Waals surface area contributed by atoms with Crippen molar-refractivity contribution < 1.29 is 22.9 Å². The lowest BCUT2D eigenvalue weighted by molar-refractivity contribution is -0.384. The van der Waals surface area contributed by atoms with Crippen molar-refractivity contribution in [3.63, 3.8) is 0 Å². The number of non-ortho nitro benzene ring substituents is 1. The summed E-state index contributed by atoms with van der Waals surface area (Å²) in [6.45, 7) is -0.667.